The number of carbonyl (C=O) groups excluding carboxylic acids is 1. The number of rotatable bonds is 10. The minimum atomic E-state index is -3.67. The normalized spacial score (nSPS) is 21.2. The molecular formula is C33H51FN6O7S2. The molecule has 0 radical (unpaired) electrons. The number of halogens is 1. The highest BCUT2D eigenvalue weighted by Crippen LogP contribution is 2.45. The molecule has 0 unspecified atom stereocenters. The summed E-state index contributed by atoms with van der Waals surface area (Å²) in [5.41, 5.74) is 0.414. The molecule has 1 aromatic carbocycles. The van der Waals surface area contributed by atoms with Gasteiger partial charge in [0.15, 0.2) is 11.6 Å². The van der Waals surface area contributed by atoms with Gasteiger partial charge in [0.05, 0.1) is 24.3 Å². The van der Waals surface area contributed by atoms with Gasteiger partial charge in [-0.25, -0.2) is 27.5 Å². The molecule has 3 fully saturated rings. The van der Waals surface area contributed by atoms with Crippen molar-refractivity contribution in [1.82, 2.24) is 24.5 Å². The maximum atomic E-state index is 14.3. The molecule has 1 aliphatic carbocycles. The fraction of sp³-hybridized carbons (Fsp3) is 0.667. The fourth-order valence-corrected chi connectivity index (χ4v) is 8.11. The first-order chi connectivity index (χ1) is 22.8. The zero-order valence-electron chi connectivity index (χ0n) is 29.3. The van der Waals surface area contributed by atoms with Gasteiger partial charge in [-0.05, 0) is 103 Å². The van der Waals surface area contributed by atoms with E-state index >= 15 is 0 Å². The Kier molecular flexibility index (Phi) is 12.7. The van der Waals surface area contributed by atoms with E-state index in [4.69, 9.17) is 9.29 Å². The van der Waals surface area contributed by atoms with Gasteiger partial charge in [0.25, 0.3) is 16.0 Å². The van der Waals surface area contributed by atoms with Crippen molar-refractivity contribution in [2.24, 2.45) is 11.3 Å². The maximum Gasteiger partial charge on any atom is 0.261 e. The number of nitrogens with one attached hydrogen (secondary N) is 1. The van der Waals surface area contributed by atoms with Gasteiger partial charge in [-0.1, -0.05) is 0 Å². The van der Waals surface area contributed by atoms with Crippen molar-refractivity contribution < 1.29 is 35.3 Å². The molecule has 2 aromatic rings. The Morgan fingerprint density at radius 3 is 2.18 bits per heavy atom. The number of aromatic nitrogens is 2. The summed E-state index contributed by atoms with van der Waals surface area (Å²) >= 11 is 0. The van der Waals surface area contributed by atoms with E-state index < -0.39 is 26.0 Å². The predicted molar refractivity (Wildman–Crippen MR) is 186 cm³/mol. The number of likely N-dealkylation sites (tertiary alicyclic amines) is 1. The number of hydrogen-bond acceptors (Lipinski definition) is 10. The second-order valence-corrected chi connectivity index (χ2v) is 17.6. The first-order valence-corrected chi connectivity index (χ1v) is 20.5. The van der Waals surface area contributed by atoms with Gasteiger partial charge in [0.1, 0.15) is 17.9 Å². The van der Waals surface area contributed by atoms with Crippen LogP contribution >= 0.6 is 0 Å². The fourth-order valence-electron chi connectivity index (χ4n) is 7.27. The minimum Gasteiger partial charge on any atom is -0.451 e. The van der Waals surface area contributed by atoms with Crippen LogP contribution in [0.15, 0.2) is 30.7 Å². The molecule has 3 heterocycles. The largest absolute Gasteiger partial charge is 0.451 e. The van der Waals surface area contributed by atoms with Gasteiger partial charge in [0.2, 0.25) is 10.0 Å². The van der Waals surface area contributed by atoms with Gasteiger partial charge in [-0.15, -0.1) is 0 Å². The minimum absolute atomic E-state index is 0.0582. The standard InChI is InChI=1S/C32H47FN6O4S.CH4O3S/c1-22(2)39(23(3)4)31(40)27-16-25(33)8-11-28(27)43-29-17-34-21-35-30(29)38-19-32(20-38)12-14-37(15-13-32)18-24-6-9-26(10-7-24)36-44(5,41)42;1-5(2,3)4/h8,11,16-17,21-24,26,36H,6-7,9-10,12-15,18-20H2,1-5H3;1H3,(H,2,3,4). The molecule has 2 saturated heterocycles. The molecule has 1 saturated carbocycles. The molecule has 5 rings (SSSR count). The lowest BCUT2D eigenvalue weighted by Gasteiger charge is -2.54. The van der Waals surface area contributed by atoms with E-state index in [2.05, 4.69) is 24.5 Å². The molecule has 2 aliphatic heterocycles. The Bertz CT molecular complexity index is 1630. The zero-order valence-corrected chi connectivity index (χ0v) is 30.9. The highest BCUT2D eigenvalue weighted by Gasteiger charge is 2.46. The van der Waals surface area contributed by atoms with Crippen LogP contribution in [-0.4, -0.2) is 110 Å². The summed E-state index contributed by atoms with van der Waals surface area (Å²) in [5.74, 6) is 1.25. The van der Waals surface area contributed by atoms with Crippen LogP contribution in [0.4, 0.5) is 10.2 Å². The van der Waals surface area contributed by atoms with Gasteiger partial charge in [0, 0.05) is 43.2 Å². The van der Waals surface area contributed by atoms with Crippen LogP contribution in [0, 0.1) is 17.2 Å². The number of sulfonamides is 1. The Balaban J connectivity index is 0.00000101. The first-order valence-electron chi connectivity index (χ1n) is 16.8. The quantitative estimate of drug-likeness (QED) is 0.338. The van der Waals surface area contributed by atoms with Crippen LogP contribution in [-0.2, 0) is 20.1 Å². The number of amides is 1. The predicted octanol–water partition coefficient (Wildman–Crippen LogP) is 4.18. The number of piperidine rings is 1. The van der Waals surface area contributed by atoms with Crippen LogP contribution in [0.2, 0.25) is 0 Å². The van der Waals surface area contributed by atoms with Crippen molar-refractivity contribution >= 4 is 31.9 Å². The molecule has 49 heavy (non-hydrogen) atoms. The van der Waals surface area contributed by atoms with Crippen LogP contribution in [0.1, 0.15) is 76.6 Å². The molecule has 0 bridgehead atoms. The van der Waals surface area contributed by atoms with Crippen LogP contribution < -0.4 is 14.4 Å². The topological polar surface area (TPSA) is 162 Å². The van der Waals surface area contributed by atoms with E-state index in [0.717, 1.165) is 71.2 Å². The average Bonchev–Trinajstić information content (AvgIpc) is 2.97. The monoisotopic (exact) mass is 726 g/mol. The van der Waals surface area contributed by atoms with Crippen molar-refractivity contribution in [3.8, 4) is 11.5 Å². The molecule has 16 heteroatoms. The SMILES string of the molecule is CC(C)N(C(=O)c1cc(F)ccc1Oc1cncnc1N1CC2(CCN(CC3CCC(NS(C)(=O)=O)CC3)CC2)C1)C(C)C.CS(=O)(=O)O. The van der Waals surface area contributed by atoms with Crippen LogP contribution in [0.3, 0.4) is 0 Å². The molecule has 1 aromatic heterocycles. The van der Waals surface area contributed by atoms with Crippen molar-refractivity contribution in [2.45, 2.75) is 84.3 Å². The number of benzene rings is 1. The Morgan fingerprint density at radius 2 is 1.63 bits per heavy atom. The second-order valence-electron chi connectivity index (χ2n) is 14.4. The van der Waals surface area contributed by atoms with Gasteiger partial charge in [-0.2, -0.15) is 8.42 Å². The van der Waals surface area contributed by atoms with Gasteiger partial charge in [-0.3, -0.25) is 9.35 Å². The van der Waals surface area contributed by atoms with Gasteiger partial charge < -0.3 is 19.4 Å². The highest BCUT2D eigenvalue weighted by atomic mass is 32.2. The van der Waals surface area contributed by atoms with Crippen molar-refractivity contribution in [2.75, 3.05) is 50.1 Å². The number of anilines is 1. The third-order valence-electron chi connectivity index (χ3n) is 9.41. The van der Waals surface area contributed by atoms with E-state index in [1.807, 2.05) is 27.7 Å². The average molecular weight is 727 g/mol. The van der Waals surface area contributed by atoms with Crippen molar-refractivity contribution in [3.05, 3.63) is 42.1 Å². The summed E-state index contributed by atoms with van der Waals surface area (Å²) in [6.07, 6.45) is 11.3. The number of hydrogen-bond donors (Lipinski definition) is 2. The lowest BCUT2D eigenvalue weighted by molar-refractivity contribution is 0.0618. The van der Waals surface area contributed by atoms with Crippen LogP contribution in [0.25, 0.3) is 0 Å². The van der Waals surface area contributed by atoms with Gasteiger partial charge >= 0.3 is 0 Å². The summed E-state index contributed by atoms with van der Waals surface area (Å²) in [6.45, 7) is 12.7. The number of carbonyl (C=O) groups is 1. The summed E-state index contributed by atoms with van der Waals surface area (Å²) in [4.78, 5) is 28.7. The summed E-state index contributed by atoms with van der Waals surface area (Å²) in [7, 11) is -6.81. The molecule has 13 nitrogen and oxygen atoms in total. The molecule has 0 atom stereocenters. The van der Waals surface area contributed by atoms with E-state index in [9.17, 15) is 26.0 Å². The van der Waals surface area contributed by atoms with E-state index in [0.29, 0.717) is 23.7 Å². The molecule has 1 spiro atoms. The smallest absolute Gasteiger partial charge is 0.261 e. The summed E-state index contributed by atoms with van der Waals surface area (Å²) in [5, 5.41) is 0. The molecule has 274 valence electrons. The highest BCUT2D eigenvalue weighted by molar-refractivity contribution is 7.88. The van der Waals surface area contributed by atoms with E-state index in [1.54, 1.807) is 11.1 Å². The lowest BCUT2D eigenvalue weighted by atomic mass is 9.71. The number of nitrogens with zero attached hydrogens (tertiary/aromatic N) is 5. The maximum absolute atomic E-state index is 14.3. The zero-order chi connectivity index (χ0) is 36.1. The Labute approximate surface area is 290 Å². The molecular weight excluding hydrogens is 676 g/mol. The summed E-state index contributed by atoms with van der Waals surface area (Å²) in [6, 6.07) is 4.00. The number of ether oxygens (including phenoxy) is 1. The summed E-state index contributed by atoms with van der Waals surface area (Å²) < 4.78 is 72.3. The van der Waals surface area contributed by atoms with Crippen molar-refractivity contribution in [1.29, 1.82) is 0 Å². The molecule has 2 N–H and O–H groups in total. The lowest BCUT2D eigenvalue weighted by Crippen LogP contribution is -2.61. The van der Waals surface area contributed by atoms with E-state index in [-0.39, 0.29) is 40.8 Å². The Morgan fingerprint density at radius 1 is 1.04 bits per heavy atom. The third-order valence-corrected chi connectivity index (χ3v) is 10.2. The second kappa shape index (κ2) is 16.0. The third kappa shape index (κ3) is 11.3. The van der Waals surface area contributed by atoms with Crippen LogP contribution in [0.5, 0.6) is 11.5 Å². The Hall–Kier alpha value is -2.92. The molecule has 1 amide bonds. The van der Waals surface area contributed by atoms with E-state index in [1.165, 1.54) is 30.8 Å². The molecule has 3 aliphatic rings. The van der Waals surface area contributed by atoms with Crippen molar-refractivity contribution in [3.63, 3.8) is 0 Å². The first kappa shape index (κ1) is 38.9.